The van der Waals surface area contributed by atoms with Crippen molar-refractivity contribution in [1.29, 1.82) is 0 Å². The second kappa shape index (κ2) is 4.48. The zero-order chi connectivity index (χ0) is 10.7. The summed E-state index contributed by atoms with van der Waals surface area (Å²) >= 11 is 0. The molecule has 0 aromatic heterocycles. The lowest BCUT2D eigenvalue weighted by Crippen LogP contribution is -2.08. The summed E-state index contributed by atoms with van der Waals surface area (Å²) in [6.45, 7) is 4.62. The molecule has 15 heavy (non-hydrogen) atoms. The van der Waals surface area contributed by atoms with E-state index in [0.29, 0.717) is 11.8 Å². The first-order chi connectivity index (χ1) is 7.29. The Morgan fingerprint density at radius 3 is 2.60 bits per heavy atom. The molecule has 78 valence electrons. The summed E-state index contributed by atoms with van der Waals surface area (Å²) in [4.78, 5) is 0. The van der Waals surface area contributed by atoms with Gasteiger partial charge in [0.15, 0.2) is 0 Å². The summed E-state index contributed by atoms with van der Waals surface area (Å²) in [5, 5.41) is 0. The predicted molar refractivity (Wildman–Crippen MR) is 65.9 cm³/mol. The molecule has 1 aromatic carbocycles. The molecule has 0 bridgehead atoms. The van der Waals surface area contributed by atoms with Crippen LogP contribution in [0, 0.1) is 5.92 Å². The van der Waals surface area contributed by atoms with Crippen molar-refractivity contribution in [3.63, 3.8) is 0 Å². The summed E-state index contributed by atoms with van der Waals surface area (Å²) in [6.07, 6.45) is 7.91. The van der Waals surface area contributed by atoms with Gasteiger partial charge in [0.25, 0.3) is 0 Å². The fourth-order valence-corrected chi connectivity index (χ4v) is 2.27. The lowest BCUT2D eigenvalue weighted by molar-refractivity contribution is 0.626. The molecule has 1 aromatic rings. The highest BCUT2D eigenvalue weighted by atomic mass is 14.2. The van der Waals surface area contributed by atoms with Crippen molar-refractivity contribution in [2.24, 2.45) is 5.92 Å². The first kappa shape index (κ1) is 10.2. The van der Waals surface area contributed by atoms with Crippen molar-refractivity contribution < 1.29 is 0 Å². The normalized spacial score (nSPS) is 22.3. The highest BCUT2D eigenvalue weighted by molar-refractivity contribution is 5.33. The van der Waals surface area contributed by atoms with Crippen molar-refractivity contribution >= 4 is 0 Å². The maximum atomic E-state index is 2.31. The second-order valence-corrected chi connectivity index (χ2v) is 4.36. The van der Waals surface area contributed by atoms with E-state index in [-0.39, 0.29) is 0 Å². The Balaban J connectivity index is 2.24. The van der Waals surface area contributed by atoms with Gasteiger partial charge in [0.1, 0.15) is 0 Å². The Morgan fingerprint density at radius 2 is 1.93 bits per heavy atom. The Kier molecular flexibility index (Phi) is 3.05. The van der Waals surface area contributed by atoms with Gasteiger partial charge >= 0.3 is 0 Å². The predicted octanol–water partition coefficient (Wildman–Crippen LogP) is 4.31. The molecular formula is C15H18. The largest absolute Gasteiger partial charge is 0.0840 e. The molecule has 0 amide bonds. The average Bonchev–Trinajstić information content (AvgIpc) is 2.30. The molecule has 2 unspecified atom stereocenters. The Morgan fingerprint density at radius 1 is 1.20 bits per heavy atom. The van der Waals surface area contributed by atoms with Crippen LogP contribution in [0.25, 0.3) is 0 Å². The zero-order valence-corrected chi connectivity index (χ0v) is 9.48. The quantitative estimate of drug-likeness (QED) is 0.664. The van der Waals surface area contributed by atoms with Gasteiger partial charge in [-0.3, -0.25) is 0 Å². The molecule has 2 rings (SSSR count). The zero-order valence-electron chi connectivity index (χ0n) is 9.48. The molecule has 0 saturated heterocycles. The van der Waals surface area contributed by atoms with Crippen LogP contribution in [-0.4, -0.2) is 0 Å². The van der Waals surface area contributed by atoms with Crippen LogP contribution in [0.2, 0.25) is 0 Å². The molecule has 0 nitrogen and oxygen atoms in total. The third-order valence-corrected chi connectivity index (χ3v) is 3.28. The van der Waals surface area contributed by atoms with Gasteiger partial charge < -0.3 is 0 Å². The molecule has 1 aliphatic rings. The van der Waals surface area contributed by atoms with Crippen molar-refractivity contribution in [3.05, 3.63) is 59.7 Å². The topological polar surface area (TPSA) is 0 Å². The first-order valence-electron chi connectivity index (χ1n) is 5.70. The standard InChI is InChI=1S/C15H18/c1-12-8-6-7-11-15(12)13(2)14-9-4-3-5-10-14/h3-7,9-13H,8H2,1-2H3. The Bertz CT molecular complexity index is 370. The minimum Gasteiger partial charge on any atom is -0.0840 e. The molecule has 0 heterocycles. The van der Waals surface area contributed by atoms with Gasteiger partial charge in [-0.1, -0.05) is 68.0 Å². The summed E-state index contributed by atoms with van der Waals surface area (Å²) < 4.78 is 0. The van der Waals surface area contributed by atoms with Crippen LogP contribution in [0.1, 0.15) is 31.7 Å². The molecule has 2 atom stereocenters. The fraction of sp³-hybridized carbons (Fsp3) is 0.333. The van der Waals surface area contributed by atoms with Gasteiger partial charge in [-0.2, -0.15) is 0 Å². The van der Waals surface area contributed by atoms with Crippen molar-refractivity contribution in [2.75, 3.05) is 0 Å². The van der Waals surface area contributed by atoms with Crippen molar-refractivity contribution in [3.8, 4) is 0 Å². The van der Waals surface area contributed by atoms with E-state index >= 15 is 0 Å². The van der Waals surface area contributed by atoms with Gasteiger partial charge in [0, 0.05) is 5.92 Å². The van der Waals surface area contributed by atoms with Crippen LogP contribution in [0.5, 0.6) is 0 Å². The third-order valence-electron chi connectivity index (χ3n) is 3.28. The van der Waals surface area contributed by atoms with Crippen LogP contribution in [0.15, 0.2) is 54.1 Å². The average molecular weight is 198 g/mol. The molecule has 1 aliphatic carbocycles. The molecule has 0 heteroatoms. The second-order valence-electron chi connectivity index (χ2n) is 4.36. The van der Waals surface area contributed by atoms with Crippen LogP contribution in [-0.2, 0) is 0 Å². The van der Waals surface area contributed by atoms with E-state index in [0.717, 1.165) is 0 Å². The minimum absolute atomic E-state index is 0.547. The van der Waals surface area contributed by atoms with Crippen LogP contribution in [0.3, 0.4) is 0 Å². The van der Waals surface area contributed by atoms with E-state index in [4.69, 9.17) is 0 Å². The summed E-state index contributed by atoms with van der Waals surface area (Å²) in [5.74, 6) is 1.23. The monoisotopic (exact) mass is 198 g/mol. The molecule has 0 spiro atoms. The van der Waals surface area contributed by atoms with E-state index in [2.05, 4.69) is 62.4 Å². The lowest BCUT2D eigenvalue weighted by atomic mass is 9.82. The molecule has 0 N–H and O–H groups in total. The Hall–Kier alpha value is -1.30. The maximum absolute atomic E-state index is 2.31. The van der Waals surface area contributed by atoms with E-state index in [9.17, 15) is 0 Å². The van der Waals surface area contributed by atoms with Crippen LogP contribution >= 0.6 is 0 Å². The first-order valence-corrected chi connectivity index (χ1v) is 5.70. The molecular weight excluding hydrogens is 180 g/mol. The minimum atomic E-state index is 0.547. The lowest BCUT2D eigenvalue weighted by Gasteiger charge is -2.23. The number of benzene rings is 1. The summed E-state index contributed by atoms with van der Waals surface area (Å²) in [7, 11) is 0. The number of hydrogen-bond acceptors (Lipinski definition) is 0. The smallest absolute Gasteiger partial charge is 0.00257 e. The fourth-order valence-electron chi connectivity index (χ4n) is 2.27. The molecule has 0 radical (unpaired) electrons. The van der Waals surface area contributed by atoms with Gasteiger partial charge in [0.05, 0.1) is 0 Å². The van der Waals surface area contributed by atoms with Gasteiger partial charge in [-0.15, -0.1) is 0 Å². The Labute approximate surface area is 92.3 Å². The molecule has 0 fully saturated rings. The highest BCUT2D eigenvalue weighted by Gasteiger charge is 2.17. The SMILES string of the molecule is CC1CC=CC=C1C(C)c1ccccc1. The van der Waals surface area contributed by atoms with Crippen molar-refractivity contribution in [1.82, 2.24) is 0 Å². The van der Waals surface area contributed by atoms with Gasteiger partial charge in [0.2, 0.25) is 0 Å². The number of rotatable bonds is 2. The summed E-state index contributed by atoms with van der Waals surface area (Å²) in [5.41, 5.74) is 2.98. The maximum Gasteiger partial charge on any atom is 0.00257 e. The third kappa shape index (κ3) is 2.20. The van der Waals surface area contributed by atoms with Crippen LogP contribution in [0.4, 0.5) is 0 Å². The van der Waals surface area contributed by atoms with Gasteiger partial charge in [-0.25, -0.2) is 0 Å². The van der Waals surface area contributed by atoms with E-state index < -0.39 is 0 Å². The summed E-state index contributed by atoms with van der Waals surface area (Å²) in [6, 6.07) is 10.8. The van der Waals surface area contributed by atoms with Gasteiger partial charge in [-0.05, 0) is 17.9 Å². The highest BCUT2D eigenvalue weighted by Crippen LogP contribution is 2.32. The van der Waals surface area contributed by atoms with Crippen LogP contribution < -0.4 is 0 Å². The van der Waals surface area contributed by atoms with E-state index in [1.54, 1.807) is 5.57 Å². The number of allylic oxidation sites excluding steroid dienone is 4. The van der Waals surface area contributed by atoms with Crippen molar-refractivity contribution in [2.45, 2.75) is 26.2 Å². The van der Waals surface area contributed by atoms with E-state index in [1.165, 1.54) is 12.0 Å². The van der Waals surface area contributed by atoms with E-state index in [1.807, 2.05) is 0 Å². The molecule has 0 saturated carbocycles. The number of hydrogen-bond donors (Lipinski definition) is 0. The molecule has 0 aliphatic heterocycles.